The number of nitrogens with one attached hydrogen (secondary N) is 1. The monoisotopic (exact) mass is 296 g/mol. The summed E-state index contributed by atoms with van der Waals surface area (Å²) in [6.07, 6.45) is 5.61. The molecule has 4 nitrogen and oxygen atoms in total. The van der Waals surface area contributed by atoms with Gasteiger partial charge in [0.05, 0.1) is 19.8 Å². The lowest BCUT2D eigenvalue weighted by atomic mass is 9.83. The second-order valence-electron chi connectivity index (χ2n) is 7.70. The third-order valence-electron chi connectivity index (χ3n) is 5.96. The van der Waals surface area contributed by atoms with E-state index in [9.17, 15) is 0 Å². The van der Waals surface area contributed by atoms with E-state index in [1.54, 1.807) is 7.11 Å². The Morgan fingerprint density at radius 3 is 2.38 bits per heavy atom. The molecule has 2 aliphatic carbocycles. The Morgan fingerprint density at radius 2 is 1.76 bits per heavy atom. The molecule has 2 unspecified atom stereocenters. The first-order valence-corrected chi connectivity index (χ1v) is 8.65. The average Bonchev–Trinajstić information content (AvgIpc) is 3.30. The van der Waals surface area contributed by atoms with E-state index in [2.05, 4.69) is 24.1 Å². The van der Waals surface area contributed by atoms with Crippen molar-refractivity contribution in [3.05, 3.63) is 0 Å². The lowest BCUT2D eigenvalue weighted by Crippen LogP contribution is -2.70. The summed E-state index contributed by atoms with van der Waals surface area (Å²) in [4.78, 5) is 2.73. The molecule has 0 amide bonds. The van der Waals surface area contributed by atoms with Gasteiger partial charge in [-0.25, -0.2) is 0 Å². The highest BCUT2D eigenvalue weighted by Crippen LogP contribution is 2.48. The zero-order chi connectivity index (χ0) is 14.9. The average molecular weight is 296 g/mol. The fourth-order valence-corrected chi connectivity index (χ4v) is 3.98. The van der Waals surface area contributed by atoms with Gasteiger partial charge < -0.3 is 14.8 Å². The van der Waals surface area contributed by atoms with E-state index in [0.29, 0.717) is 24.3 Å². The molecular formula is C17H32N2O2. The molecule has 1 saturated heterocycles. The van der Waals surface area contributed by atoms with Crippen molar-refractivity contribution in [3.63, 3.8) is 0 Å². The Labute approximate surface area is 129 Å². The van der Waals surface area contributed by atoms with Crippen LogP contribution in [0.3, 0.4) is 0 Å². The van der Waals surface area contributed by atoms with Gasteiger partial charge in [0.1, 0.15) is 0 Å². The molecule has 0 aromatic heterocycles. The third-order valence-corrected chi connectivity index (χ3v) is 5.96. The van der Waals surface area contributed by atoms with Crippen LogP contribution in [0, 0.1) is 11.8 Å². The molecule has 1 aliphatic heterocycles. The molecule has 0 spiro atoms. The second-order valence-corrected chi connectivity index (χ2v) is 7.70. The number of hydrogen-bond donors (Lipinski definition) is 1. The Kier molecular flexibility index (Phi) is 4.60. The lowest BCUT2D eigenvalue weighted by molar-refractivity contribution is -0.0244. The predicted molar refractivity (Wildman–Crippen MR) is 84.5 cm³/mol. The van der Waals surface area contributed by atoms with Crippen molar-refractivity contribution >= 4 is 0 Å². The predicted octanol–water partition coefficient (Wildman–Crippen LogP) is 1.89. The van der Waals surface area contributed by atoms with Crippen LogP contribution < -0.4 is 5.32 Å². The molecule has 0 aromatic carbocycles. The van der Waals surface area contributed by atoms with E-state index in [0.717, 1.165) is 31.5 Å². The summed E-state index contributed by atoms with van der Waals surface area (Å²) in [5.74, 6) is 1.77. The Morgan fingerprint density at radius 1 is 1.05 bits per heavy atom. The smallest absolute Gasteiger partial charge is 0.0700 e. The van der Waals surface area contributed by atoms with Crippen LogP contribution in [0.5, 0.6) is 0 Å². The highest BCUT2D eigenvalue weighted by atomic mass is 16.5. The summed E-state index contributed by atoms with van der Waals surface area (Å²) in [6, 6.07) is 0. The fraction of sp³-hybridized carbons (Fsp3) is 1.00. The van der Waals surface area contributed by atoms with Crippen molar-refractivity contribution in [1.82, 2.24) is 10.2 Å². The van der Waals surface area contributed by atoms with Crippen LogP contribution in [0.2, 0.25) is 0 Å². The number of nitrogens with zero attached hydrogens (tertiary/aromatic N) is 1. The van der Waals surface area contributed by atoms with Crippen molar-refractivity contribution in [3.8, 4) is 0 Å². The Hall–Kier alpha value is -0.160. The zero-order valence-corrected chi connectivity index (χ0v) is 14.0. The van der Waals surface area contributed by atoms with Gasteiger partial charge in [-0.3, -0.25) is 4.90 Å². The lowest BCUT2D eigenvalue weighted by Gasteiger charge is -2.53. The Bertz CT molecular complexity index is 357. The number of hydrogen-bond acceptors (Lipinski definition) is 4. The standard InChI is InChI=1S/C17H32N2O2/c1-16(14-4-5-14)13-19(8-9-21-11-10-20-3)17(2,12-18-16)15-6-7-15/h14-15,18H,4-13H2,1-3H3. The summed E-state index contributed by atoms with van der Waals surface area (Å²) >= 11 is 0. The van der Waals surface area contributed by atoms with Crippen molar-refractivity contribution < 1.29 is 9.47 Å². The van der Waals surface area contributed by atoms with Gasteiger partial charge in [-0.2, -0.15) is 0 Å². The van der Waals surface area contributed by atoms with Gasteiger partial charge in [0, 0.05) is 37.8 Å². The first-order chi connectivity index (χ1) is 10.1. The van der Waals surface area contributed by atoms with Gasteiger partial charge in [-0.1, -0.05) is 0 Å². The van der Waals surface area contributed by atoms with Crippen LogP contribution in [-0.2, 0) is 9.47 Å². The van der Waals surface area contributed by atoms with Crippen molar-refractivity contribution in [2.24, 2.45) is 11.8 Å². The highest BCUT2D eigenvalue weighted by molar-refractivity contribution is 5.11. The molecule has 0 aromatic rings. The van der Waals surface area contributed by atoms with E-state index in [-0.39, 0.29) is 0 Å². The Balaban J connectivity index is 1.57. The zero-order valence-electron chi connectivity index (χ0n) is 14.0. The quantitative estimate of drug-likeness (QED) is 0.694. The molecule has 4 heteroatoms. The SMILES string of the molecule is COCCOCCN1CC(C)(C2CC2)NCC1(C)C1CC1. The van der Waals surface area contributed by atoms with Gasteiger partial charge in [-0.05, 0) is 51.4 Å². The van der Waals surface area contributed by atoms with Crippen LogP contribution in [0.15, 0.2) is 0 Å². The third kappa shape index (κ3) is 3.44. The largest absolute Gasteiger partial charge is 0.382 e. The van der Waals surface area contributed by atoms with Gasteiger partial charge in [0.15, 0.2) is 0 Å². The number of ether oxygens (including phenoxy) is 2. The molecule has 1 heterocycles. The van der Waals surface area contributed by atoms with Crippen molar-refractivity contribution in [1.29, 1.82) is 0 Å². The molecular weight excluding hydrogens is 264 g/mol. The van der Waals surface area contributed by atoms with Crippen LogP contribution in [-0.4, -0.2) is 62.5 Å². The maximum atomic E-state index is 5.73. The molecule has 3 rings (SSSR count). The van der Waals surface area contributed by atoms with Crippen molar-refractivity contribution in [2.75, 3.05) is 46.6 Å². The minimum Gasteiger partial charge on any atom is -0.382 e. The van der Waals surface area contributed by atoms with E-state index in [1.807, 2.05) is 0 Å². The minimum absolute atomic E-state index is 0.320. The van der Waals surface area contributed by atoms with Crippen LogP contribution in [0.25, 0.3) is 0 Å². The van der Waals surface area contributed by atoms with E-state index >= 15 is 0 Å². The molecule has 3 aliphatic rings. The number of methoxy groups -OCH3 is 1. The molecule has 1 N–H and O–H groups in total. The molecule has 0 bridgehead atoms. The van der Waals surface area contributed by atoms with Crippen molar-refractivity contribution in [2.45, 2.75) is 50.6 Å². The summed E-state index contributed by atoms with van der Waals surface area (Å²) in [5.41, 5.74) is 0.653. The van der Waals surface area contributed by atoms with Crippen LogP contribution >= 0.6 is 0 Å². The van der Waals surface area contributed by atoms with E-state index in [4.69, 9.17) is 9.47 Å². The minimum atomic E-state index is 0.320. The molecule has 0 radical (unpaired) electrons. The number of rotatable bonds is 8. The molecule has 122 valence electrons. The summed E-state index contributed by atoms with van der Waals surface area (Å²) in [7, 11) is 1.73. The van der Waals surface area contributed by atoms with Gasteiger partial charge in [-0.15, -0.1) is 0 Å². The van der Waals surface area contributed by atoms with E-state index in [1.165, 1.54) is 32.2 Å². The van der Waals surface area contributed by atoms with Gasteiger partial charge in [0.2, 0.25) is 0 Å². The summed E-state index contributed by atoms with van der Waals surface area (Å²) in [6.45, 7) is 10.5. The van der Waals surface area contributed by atoms with Crippen LogP contribution in [0.1, 0.15) is 39.5 Å². The van der Waals surface area contributed by atoms with E-state index < -0.39 is 0 Å². The topological polar surface area (TPSA) is 33.7 Å². The maximum Gasteiger partial charge on any atom is 0.0700 e. The van der Waals surface area contributed by atoms with Gasteiger partial charge >= 0.3 is 0 Å². The highest BCUT2D eigenvalue weighted by Gasteiger charge is 2.53. The molecule has 21 heavy (non-hydrogen) atoms. The number of piperazine rings is 1. The molecule has 2 atom stereocenters. The maximum absolute atomic E-state index is 5.73. The summed E-state index contributed by atoms with van der Waals surface area (Å²) < 4.78 is 10.8. The summed E-state index contributed by atoms with van der Waals surface area (Å²) in [5, 5.41) is 3.91. The second kappa shape index (κ2) is 6.15. The molecule has 3 fully saturated rings. The molecule has 2 saturated carbocycles. The normalized spacial score (nSPS) is 37.9. The first-order valence-electron chi connectivity index (χ1n) is 8.65. The van der Waals surface area contributed by atoms with Crippen LogP contribution in [0.4, 0.5) is 0 Å². The van der Waals surface area contributed by atoms with Gasteiger partial charge in [0.25, 0.3) is 0 Å². The first kappa shape index (κ1) is 15.7. The fourth-order valence-electron chi connectivity index (χ4n) is 3.98.